The van der Waals surface area contributed by atoms with Gasteiger partial charge in [0.25, 0.3) is 0 Å². The quantitative estimate of drug-likeness (QED) is 0.746. The number of nitrogens with zero attached hydrogens (tertiary/aromatic N) is 1. The maximum absolute atomic E-state index is 11.6. The van der Waals surface area contributed by atoms with Gasteiger partial charge in [-0.2, -0.15) is 0 Å². The highest BCUT2D eigenvalue weighted by Gasteiger charge is 2.18. The van der Waals surface area contributed by atoms with E-state index < -0.39 is 6.10 Å². The Hall–Kier alpha value is -0.570. The average molecular weight is 199 g/mol. The molecule has 0 spiro atoms. The molecule has 14 heavy (non-hydrogen) atoms. The van der Waals surface area contributed by atoms with E-state index in [4.69, 9.17) is 0 Å². The highest BCUT2D eigenvalue weighted by molar-refractivity contribution is 5.76. The van der Waals surface area contributed by atoms with Crippen molar-refractivity contribution in [2.24, 2.45) is 0 Å². The van der Waals surface area contributed by atoms with Crippen LogP contribution in [0.5, 0.6) is 0 Å². The summed E-state index contributed by atoms with van der Waals surface area (Å²) in [5.74, 6) is 0.130. The van der Waals surface area contributed by atoms with Gasteiger partial charge in [0.05, 0.1) is 12.5 Å². The second kappa shape index (κ2) is 6.02. The number of aliphatic hydroxyl groups excluding tert-OH is 1. The van der Waals surface area contributed by atoms with Crippen molar-refractivity contribution in [2.75, 3.05) is 13.1 Å². The molecule has 0 aliphatic carbocycles. The predicted molar refractivity (Wildman–Crippen MR) is 56.0 cm³/mol. The van der Waals surface area contributed by atoms with Crippen LogP contribution in [0.15, 0.2) is 0 Å². The van der Waals surface area contributed by atoms with E-state index in [9.17, 15) is 9.90 Å². The Morgan fingerprint density at radius 3 is 2.57 bits per heavy atom. The van der Waals surface area contributed by atoms with Gasteiger partial charge in [-0.3, -0.25) is 4.79 Å². The van der Waals surface area contributed by atoms with Crippen molar-refractivity contribution in [3.05, 3.63) is 0 Å². The van der Waals surface area contributed by atoms with E-state index in [1.807, 2.05) is 11.8 Å². The molecule has 0 radical (unpaired) electrons. The summed E-state index contributed by atoms with van der Waals surface area (Å²) in [6, 6.07) is 0. The van der Waals surface area contributed by atoms with Crippen molar-refractivity contribution >= 4 is 5.91 Å². The van der Waals surface area contributed by atoms with Crippen molar-refractivity contribution in [2.45, 2.75) is 51.6 Å². The molecular weight excluding hydrogens is 178 g/mol. The molecule has 1 amide bonds. The van der Waals surface area contributed by atoms with Gasteiger partial charge < -0.3 is 10.0 Å². The number of likely N-dealkylation sites (tertiary alicyclic amines) is 1. The summed E-state index contributed by atoms with van der Waals surface area (Å²) in [5.41, 5.74) is 0. The molecular formula is C11H21NO2. The van der Waals surface area contributed by atoms with Crippen LogP contribution in [0.1, 0.15) is 45.4 Å². The Morgan fingerprint density at radius 1 is 1.36 bits per heavy atom. The van der Waals surface area contributed by atoms with Gasteiger partial charge in [-0.1, -0.05) is 13.3 Å². The molecule has 0 unspecified atom stereocenters. The van der Waals surface area contributed by atoms with E-state index >= 15 is 0 Å². The van der Waals surface area contributed by atoms with Crippen LogP contribution < -0.4 is 0 Å². The van der Waals surface area contributed by atoms with E-state index in [1.165, 1.54) is 6.42 Å². The molecule has 1 aliphatic rings. The van der Waals surface area contributed by atoms with Crippen molar-refractivity contribution in [1.82, 2.24) is 4.90 Å². The van der Waals surface area contributed by atoms with E-state index in [0.29, 0.717) is 6.42 Å². The summed E-state index contributed by atoms with van der Waals surface area (Å²) in [6.45, 7) is 3.80. The lowest BCUT2D eigenvalue weighted by molar-refractivity contribution is -0.134. The highest BCUT2D eigenvalue weighted by atomic mass is 16.3. The van der Waals surface area contributed by atoms with Crippen molar-refractivity contribution in [3.8, 4) is 0 Å². The minimum atomic E-state index is -0.436. The number of hydrogen-bond acceptors (Lipinski definition) is 2. The number of piperidine rings is 1. The zero-order chi connectivity index (χ0) is 10.4. The third kappa shape index (κ3) is 3.66. The Bertz CT molecular complexity index is 176. The van der Waals surface area contributed by atoms with Crippen molar-refractivity contribution in [3.63, 3.8) is 0 Å². The lowest BCUT2D eigenvalue weighted by Gasteiger charge is -2.27. The van der Waals surface area contributed by atoms with Crippen LogP contribution in [0.3, 0.4) is 0 Å². The fourth-order valence-electron chi connectivity index (χ4n) is 1.91. The van der Waals surface area contributed by atoms with Gasteiger partial charge in [-0.25, -0.2) is 0 Å². The number of rotatable bonds is 4. The molecule has 0 bridgehead atoms. The number of carbonyl (C=O) groups excluding carboxylic acids is 1. The van der Waals surface area contributed by atoms with Crippen molar-refractivity contribution in [1.29, 1.82) is 0 Å². The summed E-state index contributed by atoms with van der Waals surface area (Å²) in [4.78, 5) is 13.5. The minimum absolute atomic E-state index is 0.130. The van der Waals surface area contributed by atoms with Gasteiger partial charge in [0, 0.05) is 13.1 Å². The molecule has 1 fully saturated rings. The van der Waals surface area contributed by atoms with Crippen LogP contribution in [0.2, 0.25) is 0 Å². The Labute approximate surface area is 86.1 Å². The Kier molecular flexibility index (Phi) is 4.94. The van der Waals surface area contributed by atoms with Gasteiger partial charge in [-0.15, -0.1) is 0 Å². The lowest BCUT2D eigenvalue weighted by Crippen LogP contribution is -2.37. The van der Waals surface area contributed by atoms with Crippen molar-refractivity contribution < 1.29 is 9.90 Å². The summed E-state index contributed by atoms with van der Waals surface area (Å²) >= 11 is 0. The SMILES string of the molecule is CCC[C@H](O)CC(=O)N1CCCCC1. The molecule has 0 aromatic carbocycles. The number of aliphatic hydroxyl groups is 1. The molecule has 1 N–H and O–H groups in total. The Balaban J connectivity index is 2.25. The smallest absolute Gasteiger partial charge is 0.225 e. The molecule has 1 saturated heterocycles. The summed E-state index contributed by atoms with van der Waals surface area (Å²) in [5, 5.41) is 9.50. The molecule has 0 aromatic heterocycles. The third-order valence-corrected chi connectivity index (χ3v) is 2.74. The van der Waals surface area contributed by atoms with Crippen LogP contribution in [0.25, 0.3) is 0 Å². The van der Waals surface area contributed by atoms with Gasteiger partial charge in [0.1, 0.15) is 0 Å². The molecule has 3 nitrogen and oxygen atoms in total. The predicted octanol–water partition coefficient (Wildman–Crippen LogP) is 1.55. The van der Waals surface area contributed by atoms with Gasteiger partial charge in [0.2, 0.25) is 5.91 Å². The average Bonchev–Trinajstić information content (AvgIpc) is 2.19. The van der Waals surface area contributed by atoms with E-state index in [0.717, 1.165) is 38.8 Å². The molecule has 1 atom stereocenters. The van der Waals surface area contributed by atoms with Crippen LogP contribution in [-0.4, -0.2) is 35.1 Å². The molecule has 1 heterocycles. The van der Waals surface area contributed by atoms with E-state index in [1.54, 1.807) is 0 Å². The van der Waals surface area contributed by atoms with Crippen LogP contribution in [0.4, 0.5) is 0 Å². The zero-order valence-electron chi connectivity index (χ0n) is 9.04. The largest absolute Gasteiger partial charge is 0.393 e. The van der Waals surface area contributed by atoms with Crippen LogP contribution in [-0.2, 0) is 4.79 Å². The summed E-state index contributed by atoms with van der Waals surface area (Å²) < 4.78 is 0. The number of amides is 1. The first-order valence-corrected chi connectivity index (χ1v) is 5.70. The molecule has 0 saturated carbocycles. The first-order valence-electron chi connectivity index (χ1n) is 5.70. The zero-order valence-corrected chi connectivity index (χ0v) is 9.04. The summed E-state index contributed by atoms with van der Waals surface area (Å²) in [6.07, 6.45) is 5.03. The first-order chi connectivity index (χ1) is 6.74. The molecule has 1 aliphatic heterocycles. The second-order valence-corrected chi connectivity index (χ2v) is 4.09. The van der Waals surface area contributed by atoms with Crippen LogP contribution in [0, 0.1) is 0 Å². The molecule has 1 rings (SSSR count). The molecule has 0 aromatic rings. The molecule has 82 valence electrons. The van der Waals surface area contributed by atoms with Gasteiger partial charge >= 0.3 is 0 Å². The highest BCUT2D eigenvalue weighted by Crippen LogP contribution is 2.11. The van der Waals surface area contributed by atoms with Crippen LogP contribution >= 0.6 is 0 Å². The van der Waals surface area contributed by atoms with Gasteiger partial charge in [-0.05, 0) is 25.7 Å². The van der Waals surface area contributed by atoms with E-state index in [2.05, 4.69) is 0 Å². The maximum atomic E-state index is 11.6. The topological polar surface area (TPSA) is 40.5 Å². The first kappa shape index (κ1) is 11.5. The normalized spacial score (nSPS) is 19.4. The lowest BCUT2D eigenvalue weighted by atomic mass is 10.1. The standard InChI is InChI=1S/C11H21NO2/c1-2-6-10(13)9-11(14)12-7-4-3-5-8-12/h10,13H,2-9H2,1H3/t10-/m0/s1. The summed E-state index contributed by atoms with van der Waals surface area (Å²) in [7, 11) is 0. The number of carbonyl (C=O) groups is 1. The Morgan fingerprint density at radius 2 is 2.00 bits per heavy atom. The molecule has 3 heteroatoms. The second-order valence-electron chi connectivity index (χ2n) is 4.09. The van der Waals surface area contributed by atoms with Gasteiger partial charge in [0.15, 0.2) is 0 Å². The monoisotopic (exact) mass is 199 g/mol. The minimum Gasteiger partial charge on any atom is -0.393 e. The number of hydrogen-bond donors (Lipinski definition) is 1. The van der Waals surface area contributed by atoms with E-state index in [-0.39, 0.29) is 5.91 Å². The fourth-order valence-corrected chi connectivity index (χ4v) is 1.91. The maximum Gasteiger partial charge on any atom is 0.225 e. The fraction of sp³-hybridized carbons (Fsp3) is 0.909. The third-order valence-electron chi connectivity index (χ3n) is 2.74.